The van der Waals surface area contributed by atoms with Gasteiger partial charge in [-0.05, 0) is 47.7 Å². The average molecular weight is 395 g/mol. The summed E-state index contributed by atoms with van der Waals surface area (Å²) in [5.41, 5.74) is 2.01. The van der Waals surface area contributed by atoms with Gasteiger partial charge >= 0.3 is 0 Å². The van der Waals surface area contributed by atoms with Gasteiger partial charge in [-0.15, -0.1) is 0 Å². The van der Waals surface area contributed by atoms with Crippen LogP contribution in [-0.2, 0) is 4.79 Å². The maximum Gasteiger partial charge on any atom is 0.286 e. The summed E-state index contributed by atoms with van der Waals surface area (Å²) in [6.45, 7) is 3.45. The van der Waals surface area contributed by atoms with Crippen molar-refractivity contribution in [1.29, 1.82) is 0 Å². The Hall–Kier alpha value is -2.93. The van der Waals surface area contributed by atoms with Crippen LogP contribution in [0.1, 0.15) is 5.56 Å². The van der Waals surface area contributed by atoms with E-state index >= 15 is 0 Å². The second-order valence-corrected chi connectivity index (χ2v) is 7.56. The summed E-state index contributed by atoms with van der Waals surface area (Å²) in [6, 6.07) is 15.4. The SMILES string of the molecule is COc1cc(C=C2SC(N3CCN(c4ccccc4)CC3)=NC2=O)ccc1O. The Morgan fingerprint density at radius 2 is 1.79 bits per heavy atom. The molecular weight excluding hydrogens is 374 g/mol. The standard InChI is InChI=1S/C21H21N3O3S/c1-27-18-13-15(7-8-17(18)25)14-19-20(26)22-21(28-19)24-11-9-23(10-12-24)16-5-3-2-4-6-16/h2-8,13-14,25H,9-12H2,1H3. The lowest BCUT2D eigenvalue weighted by molar-refractivity contribution is -0.113. The highest BCUT2D eigenvalue weighted by Gasteiger charge is 2.28. The Labute approximate surface area is 168 Å². The molecule has 0 saturated carbocycles. The molecule has 1 N–H and O–H groups in total. The Bertz CT molecular complexity index is 935. The Morgan fingerprint density at radius 3 is 2.50 bits per heavy atom. The third-order valence-electron chi connectivity index (χ3n) is 4.78. The number of hydrogen-bond acceptors (Lipinski definition) is 6. The lowest BCUT2D eigenvalue weighted by Crippen LogP contribution is -2.47. The van der Waals surface area contributed by atoms with Crippen LogP contribution < -0.4 is 9.64 Å². The highest BCUT2D eigenvalue weighted by Crippen LogP contribution is 2.33. The van der Waals surface area contributed by atoms with Gasteiger partial charge in [0.05, 0.1) is 12.0 Å². The Balaban J connectivity index is 1.42. The average Bonchev–Trinajstić information content (AvgIpc) is 3.10. The highest BCUT2D eigenvalue weighted by atomic mass is 32.2. The number of ether oxygens (including phenoxy) is 1. The van der Waals surface area contributed by atoms with Gasteiger partial charge in [0.15, 0.2) is 16.7 Å². The molecule has 1 fully saturated rings. The number of phenols is 1. The van der Waals surface area contributed by atoms with Crippen LogP contribution in [0.25, 0.3) is 6.08 Å². The van der Waals surface area contributed by atoms with Crippen LogP contribution >= 0.6 is 11.8 Å². The maximum absolute atomic E-state index is 12.3. The molecule has 2 aromatic rings. The van der Waals surface area contributed by atoms with Crippen molar-refractivity contribution >= 4 is 34.6 Å². The highest BCUT2D eigenvalue weighted by molar-refractivity contribution is 8.18. The zero-order valence-electron chi connectivity index (χ0n) is 15.5. The number of carbonyl (C=O) groups is 1. The molecule has 144 valence electrons. The Morgan fingerprint density at radius 1 is 1.07 bits per heavy atom. The molecule has 2 heterocycles. The number of nitrogens with zero attached hydrogens (tertiary/aromatic N) is 3. The number of rotatable bonds is 3. The summed E-state index contributed by atoms with van der Waals surface area (Å²) in [6.07, 6.45) is 1.78. The summed E-state index contributed by atoms with van der Waals surface area (Å²) < 4.78 is 5.13. The molecule has 2 aromatic carbocycles. The van der Waals surface area contributed by atoms with Crippen molar-refractivity contribution in [2.75, 3.05) is 38.2 Å². The van der Waals surface area contributed by atoms with Crippen molar-refractivity contribution in [3.63, 3.8) is 0 Å². The second kappa shape index (κ2) is 7.98. The van der Waals surface area contributed by atoms with Gasteiger partial charge in [0.25, 0.3) is 5.91 Å². The third-order valence-corrected chi connectivity index (χ3v) is 5.83. The molecule has 0 spiro atoms. The van der Waals surface area contributed by atoms with Crippen molar-refractivity contribution in [2.45, 2.75) is 0 Å². The maximum atomic E-state index is 12.3. The van der Waals surface area contributed by atoms with Gasteiger partial charge in [-0.1, -0.05) is 24.3 Å². The Kier molecular flexibility index (Phi) is 5.25. The number of amidine groups is 1. The van der Waals surface area contributed by atoms with Crippen LogP contribution in [0.3, 0.4) is 0 Å². The van der Waals surface area contributed by atoms with Gasteiger partial charge in [-0.2, -0.15) is 4.99 Å². The first-order valence-electron chi connectivity index (χ1n) is 9.08. The van der Waals surface area contributed by atoms with E-state index in [4.69, 9.17) is 4.74 Å². The fraction of sp³-hybridized carbons (Fsp3) is 0.238. The zero-order chi connectivity index (χ0) is 19.5. The minimum Gasteiger partial charge on any atom is -0.504 e. The van der Waals surface area contributed by atoms with Gasteiger partial charge in [-0.3, -0.25) is 4.79 Å². The number of aromatic hydroxyl groups is 1. The van der Waals surface area contributed by atoms with Gasteiger partial charge in [-0.25, -0.2) is 0 Å². The molecule has 0 atom stereocenters. The molecular formula is C21H21N3O3S. The molecule has 0 aliphatic carbocycles. The zero-order valence-corrected chi connectivity index (χ0v) is 16.4. The fourth-order valence-corrected chi connectivity index (χ4v) is 4.23. The van der Waals surface area contributed by atoms with Crippen LogP contribution in [0.2, 0.25) is 0 Å². The summed E-state index contributed by atoms with van der Waals surface area (Å²) in [4.78, 5) is 21.7. The van der Waals surface area contributed by atoms with E-state index in [1.165, 1.54) is 24.6 Å². The summed E-state index contributed by atoms with van der Waals surface area (Å²) >= 11 is 1.40. The predicted octanol–water partition coefficient (Wildman–Crippen LogP) is 3.19. The second-order valence-electron chi connectivity index (χ2n) is 6.55. The lowest BCUT2D eigenvalue weighted by atomic mass is 10.2. The monoisotopic (exact) mass is 395 g/mol. The number of piperazine rings is 1. The molecule has 2 aliphatic rings. The van der Waals surface area contributed by atoms with E-state index in [9.17, 15) is 9.90 Å². The van der Waals surface area contributed by atoms with Gasteiger partial charge < -0.3 is 19.6 Å². The van der Waals surface area contributed by atoms with Crippen LogP contribution in [0.5, 0.6) is 11.5 Å². The molecule has 0 bridgehead atoms. The number of para-hydroxylation sites is 1. The molecule has 1 amide bonds. The quantitative estimate of drug-likeness (QED) is 0.806. The smallest absolute Gasteiger partial charge is 0.286 e. The number of thioether (sulfide) groups is 1. The minimum atomic E-state index is -0.225. The van der Waals surface area contributed by atoms with E-state index in [0.717, 1.165) is 36.9 Å². The predicted molar refractivity (Wildman–Crippen MR) is 113 cm³/mol. The van der Waals surface area contributed by atoms with Crippen LogP contribution in [0, 0.1) is 0 Å². The van der Waals surface area contributed by atoms with E-state index in [1.807, 2.05) is 18.2 Å². The van der Waals surface area contributed by atoms with E-state index in [1.54, 1.807) is 24.3 Å². The molecule has 1 saturated heterocycles. The number of phenolic OH excluding ortho intramolecular Hbond substituents is 1. The van der Waals surface area contributed by atoms with Crippen LogP contribution in [-0.4, -0.2) is 54.4 Å². The van der Waals surface area contributed by atoms with E-state index in [0.29, 0.717) is 10.7 Å². The molecule has 0 radical (unpaired) electrons. The van der Waals surface area contributed by atoms with Crippen molar-refractivity contribution in [3.05, 3.63) is 59.0 Å². The summed E-state index contributed by atoms with van der Waals surface area (Å²) in [5, 5.41) is 10.5. The van der Waals surface area contributed by atoms with Crippen molar-refractivity contribution < 1.29 is 14.6 Å². The summed E-state index contributed by atoms with van der Waals surface area (Å²) in [5.74, 6) is 0.226. The van der Waals surface area contributed by atoms with Gasteiger partial charge in [0.2, 0.25) is 0 Å². The number of aliphatic imine (C=N–C) groups is 1. The number of benzene rings is 2. The molecule has 2 aliphatic heterocycles. The fourth-order valence-electron chi connectivity index (χ4n) is 3.26. The normalized spacial score (nSPS) is 18.5. The molecule has 0 unspecified atom stereocenters. The number of hydrogen-bond donors (Lipinski definition) is 1. The van der Waals surface area contributed by atoms with Gasteiger partial charge in [0.1, 0.15) is 0 Å². The molecule has 6 nitrogen and oxygen atoms in total. The van der Waals surface area contributed by atoms with Crippen molar-refractivity contribution in [1.82, 2.24) is 4.90 Å². The first kappa shape index (κ1) is 18.4. The molecule has 28 heavy (non-hydrogen) atoms. The number of methoxy groups -OCH3 is 1. The lowest BCUT2D eigenvalue weighted by Gasteiger charge is -2.36. The van der Waals surface area contributed by atoms with E-state index in [-0.39, 0.29) is 11.7 Å². The number of carbonyl (C=O) groups excluding carboxylic acids is 1. The summed E-state index contributed by atoms with van der Waals surface area (Å²) in [7, 11) is 1.50. The molecule has 4 rings (SSSR count). The van der Waals surface area contributed by atoms with E-state index < -0.39 is 0 Å². The minimum absolute atomic E-state index is 0.0725. The van der Waals surface area contributed by atoms with Crippen LogP contribution in [0.15, 0.2) is 58.4 Å². The van der Waals surface area contributed by atoms with Crippen LogP contribution in [0.4, 0.5) is 5.69 Å². The first-order chi connectivity index (χ1) is 13.6. The topological polar surface area (TPSA) is 65.4 Å². The van der Waals surface area contributed by atoms with Crippen molar-refractivity contribution in [2.24, 2.45) is 4.99 Å². The molecule has 0 aromatic heterocycles. The van der Waals surface area contributed by atoms with Crippen molar-refractivity contribution in [3.8, 4) is 11.5 Å². The number of anilines is 1. The molecule has 7 heteroatoms. The van der Waals surface area contributed by atoms with Gasteiger partial charge in [0, 0.05) is 31.9 Å². The van der Waals surface area contributed by atoms with E-state index in [2.05, 4.69) is 26.9 Å². The largest absolute Gasteiger partial charge is 0.504 e. The number of amides is 1. The first-order valence-corrected chi connectivity index (χ1v) is 9.90. The third kappa shape index (κ3) is 3.84.